The summed E-state index contributed by atoms with van der Waals surface area (Å²) in [6, 6.07) is 21.4. The number of ether oxygens (including phenoxy) is 1. The lowest BCUT2D eigenvalue weighted by molar-refractivity contribution is -0.114. The Morgan fingerprint density at radius 3 is 2.32 bits per heavy atom. The molecule has 25 heavy (non-hydrogen) atoms. The van der Waals surface area contributed by atoms with Crippen molar-refractivity contribution in [3.05, 3.63) is 78.5 Å². The Morgan fingerprint density at radius 1 is 0.960 bits per heavy atom. The van der Waals surface area contributed by atoms with Gasteiger partial charge in [-0.3, -0.25) is 4.79 Å². The van der Waals surface area contributed by atoms with E-state index >= 15 is 0 Å². The molecule has 2 aromatic carbocycles. The van der Waals surface area contributed by atoms with Crippen LogP contribution in [0.25, 0.3) is 0 Å². The second-order valence-corrected chi connectivity index (χ2v) is 5.54. The fourth-order valence-electron chi connectivity index (χ4n) is 2.26. The lowest BCUT2D eigenvalue weighted by Crippen LogP contribution is -2.07. The van der Waals surface area contributed by atoms with Crippen LogP contribution in [-0.4, -0.2) is 10.9 Å². The smallest absolute Gasteiger partial charge is 0.222 e. The van der Waals surface area contributed by atoms with Crippen molar-refractivity contribution in [1.82, 2.24) is 4.98 Å². The summed E-state index contributed by atoms with van der Waals surface area (Å²) >= 11 is 0. The van der Waals surface area contributed by atoms with E-state index in [2.05, 4.69) is 15.6 Å². The Morgan fingerprint density at radius 2 is 1.68 bits per heavy atom. The van der Waals surface area contributed by atoms with Gasteiger partial charge in [0, 0.05) is 12.6 Å². The summed E-state index contributed by atoms with van der Waals surface area (Å²) in [5.74, 6) is 1.20. The molecule has 126 valence electrons. The molecule has 0 atom stereocenters. The predicted molar refractivity (Wildman–Crippen MR) is 99.0 cm³/mol. The number of nitrogens with zero attached hydrogens (tertiary/aromatic N) is 1. The average Bonchev–Trinajstić information content (AvgIpc) is 2.63. The second-order valence-electron chi connectivity index (χ2n) is 5.54. The van der Waals surface area contributed by atoms with Crippen molar-refractivity contribution in [3.63, 3.8) is 0 Å². The normalized spacial score (nSPS) is 10.1. The van der Waals surface area contributed by atoms with E-state index in [-0.39, 0.29) is 5.91 Å². The summed E-state index contributed by atoms with van der Waals surface area (Å²) in [4.78, 5) is 15.2. The van der Waals surface area contributed by atoms with Gasteiger partial charge in [-0.05, 0) is 42.0 Å². The lowest BCUT2D eigenvalue weighted by Gasteiger charge is -2.09. The SMILES string of the molecule is CC(=O)Nc1ccc(Nc2ccc(OCc3ccccc3)cc2)cn1. The number of anilines is 3. The van der Waals surface area contributed by atoms with Crippen LogP contribution in [0.3, 0.4) is 0 Å². The van der Waals surface area contributed by atoms with Gasteiger partial charge in [-0.25, -0.2) is 4.98 Å². The number of pyridine rings is 1. The van der Waals surface area contributed by atoms with Gasteiger partial charge in [0.25, 0.3) is 0 Å². The zero-order chi connectivity index (χ0) is 17.5. The van der Waals surface area contributed by atoms with Crippen LogP contribution >= 0.6 is 0 Å². The third kappa shape index (κ3) is 5.07. The molecule has 3 aromatic rings. The van der Waals surface area contributed by atoms with E-state index in [1.807, 2.05) is 60.7 Å². The molecule has 0 saturated carbocycles. The number of carbonyl (C=O) groups excluding carboxylic acids is 1. The van der Waals surface area contributed by atoms with Gasteiger partial charge >= 0.3 is 0 Å². The molecule has 2 N–H and O–H groups in total. The quantitative estimate of drug-likeness (QED) is 0.703. The minimum atomic E-state index is -0.140. The molecule has 5 heteroatoms. The van der Waals surface area contributed by atoms with E-state index in [0.29, 0.717) is 12.4 Å². The molecule has 5 nitrogen and oxygen atoms in total. The molecular formula is C20H19N3O2. The number of nitrogens with one attached hydrogen (secondary N) is 2. The molecule has 0 aliphatic heterocycles. The Labute approximate surface area is 146 Å². The first-order valence-electron chi connectivity index (χ1n) is 7.96. The molecule has 1 amide bonds. The van der Waals surface area contributed by atoms with Gasteiger partial charge in [0.1, 0.15) is 18.2 Å². The van der Waals surface area contributed by atoms with Gasteiger partial charge < -0.3 is 15.4 Å². The van der Waals surface area contributed by atoms with Crippen LogP contribution in [0.5, 0.6) is 5.75 Å². The molecular weight excluding hydrogens is 314 g/mol. The Balaban J connectivity index is 1.56. The van der Waals surface area contributed by atoms with E-state index in [1.54, 1.807) is 12.3 Å². The standard InChI is InChI=1S/C20H19N3O2/c1-15(24)22-20-12-9-18(13-21-20)23-17-7-10-19(11-8-17)25-14-16-5-3-2-4-6-16/h2-13,23H,14H2,1H3,(H,21,22,24). The number of hydrogen-bond donors (Lipinski definition) is 2. The van der Waals surface area contributed by atoms with Gasteiger partial charge in [0.15, 0.2) is 0 Å². The van der Waals surface area contributed by atoms with Crippen LogP contribution in [0.1, 0.15) is 12.5 Å². The zero-order valence-electron chi connectivity index (χ0n) is 13.9. The molecule has 1 aromatic heterocycles. The summed E-state index contributed by atoms with van der Waals surface area (Å²) in [7, 11) is 0. The van der Waals surface area contributed by atoms with E-state index in [1.165, 1.54) is 6.92 Å². The molecule has 0 unspecified atom stereocenters. The van der Waals surface area contributed by atoms with E-state index < -0.39 is 0 Å². The largest absolute Gasteiger partial charge is 0.489 e. The average molecular weight is 333 g/mol. The van der Waals surface area contributed by atoms with Crippen LogP contribution in [0.2, 0.25) is 0 Å². The van der Waals surface area contributed by atoms with Crippen molar-refractivity contribution in [3.8, 4) is 5.75 Å². The van der Waals surface area contributed by atoms with E-state index in [4.69, 9.17) is 4.74 Å². The highest BCUT2D eigenvalue weighted by molar-refractivity contribution is 5.87. The molecule has 0 radical (unpaired) electrons. The van der Waals surface area contributed by atoms with Gasteiger partial charge in [-0.2, -0.15) is 0 Å². The minimum absolute atomic E-state index is 0.140. The van der Waals surface area contributed by atoms with Gasteiger partial charge in [-0.1, -0.05) is 30.3 Å². The molecule has 1 heterocycles. The molecule has 3 rings (SSSR count). The summed E-state index contributed by atoms with van der Waals surface area (Å²) in [5.41, 5.74) is 2.91. The number of hydrogen-bond acceptors (Lipinski definition) is 4. The van der Waals surface area contributed by atoms with Crippen LogP contribution in [0, 0.1) is 0 Å². The first-order chi connectivity index (χ1) is 12.2. The molecule has 0 aliphatic carbocycles. The summed E-state index contributed by atoms with van der Waals surface area (Å²) in [6.07, 6.45) is 1.67. The first kappa shape index (κ1) is 16.5. The van der Waals surface area contributed by atoms with Crippen molar-refractivity contribution in [2.75, 3.05) is 10.6 Å². The van der Waals surface area contributed by atoms with Crippen LogP contribution in [0.15, 0.2) is 72.9 Å². The van der Waals surface area contributed by atoms with Crippen molar-refractivity contribution >= 4 is 23.1 Å². The predicted octanol–water partition coefficient (Wildman–Crippen LogP) is 4.36. The minimum Gasteiger partial charge on any atom is -0.489 e. The van der Waals surface area contributed by atoms with Crippen LogP contribution in [-0.2, 0) is 11.4 Å². The molecule has 0 aliphatic rings. The van der Waals surface area contributed by atoms with Crippen LogP contribution in [0.4, 0.5) is 17.2 Å². The molecule has 0 saturated heterocycles. The molecule has 0 bridgehead atoms. The van der Waals surface area contributed by atoms with Gasteiger partial charge in [0.05, 0.1) is 11.9 Å². The lowest BCUT2D eigenvalue weighted by atomic mass is 10.2. The number of benzene rings is 2. The third-order valence-electron chi connectivity index (χ3n) is 3.46. The van der Waals surface area contributed by atoms with Crippen molar-refractivity contribution in [1.29, 1.82) is 0 Å². The van der Waals surface area contributed by atoms with Crippen LogP contribution < -0.4 is 15.4 Å². The maximum absolute atomic E-state index is 11.0. The third-order valence-corrected chi connectivity index (χ3v) is 3.46. The summed E-state index contributed by atoms with van der Waals surface area (Å²) in [6.45, 7) is 2.00. The number of amides is 1. The monoisotopic (exact) mass is 333 g/mol. The molecule has 0 spiro atoms. The number of carbonyl (C=O) groups is 1. The topological polar surface area (TPSA) is 63.2 Å². The highest BCUT2D eigenvalue weighted by Gasteiger charge is 2.00. The Kier molecular flexibility index (Phi) is 5.26. The van der Waals surface area contributed by atoms with E-state index in [0.717, 1.165) is 22.7 Å². The van der Waals surface area contributed by atoms with Crippen molar-refractivity contribution < 1.29 is 9.53 Å². The van der Waals surface area contributed by atoms with Gasteiger partial charge in [0.2, 0.25) is 5.91 Å². The second kappa shape index (κ2) is 7.97. The first-order valence-corrected chi connectivity index (χ1v) is 7.96. The number of aromatic nitrogens is 1. The highest BCUT2D eigenvalue weighted by Crippen LogP contribution is 2.21. The summed E-state index contributed by atoms with van der Waals surface area (Å²) in [5, 5.41) is 5.89. The van der Waals surface area contributed by atoms with Crippen molar-refractivity contribution in [2.45, 2.75) is 13.5 Å². The fourth-order valence-corrected chi connectivity index (χ4v) is 2.26. The van der Waals surface area contributed by atoms with Crippen molar-refractivity contribution in [2.24, 2.45) is 0 Å². The fraction of sp³-hybridized carbons (Fsp3) is 0.100. The Bertz CT molecular complexity index is 816. The molecule has 0 fully saturated rings. The van der Waals surface area contributed by atoms with Gasteiger partial charge in [-0.15, -0.1) is 0 Å². The zero-order valence-corrected chi connectivity index (χ0v) is 13.9. The highest BCUT2D eigenvalue weighted by atomic mass is 16.5. The maximum atomic E-state index is 11.0. The van der Waals surface area contributed by atoms with E-state index in [9.17, 15) is 4.79 Å². The number of rotatable bonds is 6. The maximum Gasteiger partial charge on any atom is 0.222 e. The summed E-state index contributed by atoms with van der Waals surface area (Å²) < 4.78 is 5.77. The Hall–Kier alpha value is -3.34.